The van der Waals surface area contributed by atoms with E-state index in [-0.39, 0.29) is 17.2 Å². The molecule has 5 nitrogen and oxygen atoms in total. The average Bonchev–Trinajstić information content (AvgIpc) is 3.42. The molecule has 0 aliphatic rings. The second kappa shape index (κ2) is 9.16. The quantitative estimate of drug-likeness (QED) is 0.292. The highest BCUT2D eigenvalue weighted by molar-refractivity contribution is 7.99. The molecule has 154 valence electrons. The number of carbonyl (C=O) groups excluding carboxylic acids is 1. The first-order valence-corrected chi connectivity index (χ1v) is 12.3. The fraction of sp³-hybridized carbons (Fsp3) is 0.227. The van der Waals surface area contributed by atoms with Crippen LogP contribution in [0.25, 0.3) is 20.7 Å². The van der Waals surface area contributed by atoms with Crippen LogP contribution in [0.5, 0.6) is 0 Å². The third-order valence-electron chi connectivity index (χ3n) is 4.77. The van der Waals surface area contributed by atoms with Crippen molar-refractivity contribution >= 4 is 50.6 Å². The molecule has 0 aliphatic heterocycles. The van der Waals surface area contributed by atoms with Gasteiger partial charge in [0, 0.05) is 36.0 Å². The predicted molar refractivity (Wildman–Crippen MR) is 127 cm³/mol. The maximum absolute atomic E-state index is 13.2. The van der Waals surface area contributed by atoms with Gasteiger partial charge in [-0.15, -0.1) is 22.7 Å². The monoisotopic (exact) mass is 455 g/mol. The minimum atomic E-state index is -0.0419. The van der Waals surface area contributed by atoms with Gasteiger partial charge in [-0.25, -0.2) is 4.98 Å². The van der Waals surface area contributed by atoms with E-state index in [2.05, 4.69) is 0 Å². The molecule has 0 radical (unpaired) electrons. The van der Waals surface area contributed by atoms with Gasteiger partial charge in [-0.1, -0.05) is 48.2 Å². The normalized spacial score (nSPS) is 11.1. The third kappa shape index (κ3) is 4.21. The summed E-state index contributed by atoms with van der Waals surface area (Å²) in [5, 5.41) is 5.27. The van der Waals surface area contributed by atoms with Crippen molar-refractivity contribution in [2.24, 2.45) is 0 Å². The van der Waals surface area contributed by atoms with Gasteiger partial charge in [-0.05, 0) is 23.9 Å². The van der Waals surface area contributed by atoms with Gasteiger partial charge in [-0.3, -0.25) is 14.2 Å². The van der Waals surface area contributed by atoms with Crippen LogP contribution in [0.4, 0.5) is 0 Å². The number of hydrogen-bond acceptors (Lipinski definition) is 6. The minimum absolute atomic E-state index is 0.00584. The largest absolute Gasteiger partial charge is 0.341 e. The van der Waals surface area contributed by atoms with E-state index in [0.29, 0.717) is 23.6 Å². The number of amides is 1. The van der Waals surface area contributed by atoms with Crippen LogP contribution in [0.2, 0.25) is 0 Å². The first kappa shape index (κ1) is 20.8. The van der Waals surface area contributed by atoms with E-state index in [1.807, 2.05) is 60.1 Å². The van der Waals surface area contributed by atoms with Gasteiger partial charge in [-0.2, -0.15) is 0 Å². The molecule has 30 heavy (non-hydrogen) atoms. The molecule has 0 fully saturated rings. The fourth-order valence-electron chi connectivity index (χ4n) is 3.19. The highest BCUT2D eigenvalue weighted by atomic mass is 32.2. The number of rotatable bonds is 7. The minimum Gasteiger partial charge on any atom is -0.341 e. The second-order valence-electron chi connectivity index (χ2n) is 6.77. The summed E-state index contributed by atoms with van der Waals surface area (Å²) in [6, 6.07) is 13.9. The lowest BCUT2D eigenvalue weighted by Crippen LogP contribution is -2.28. The van der Waals surface area contributed by atoms with Crippen molar-refractivity contribution in [3.05, 3.63) is 69.1 Å². The van der Waals surface area contributed by atoms with Crippen LogP contribution in [0, 0.1) is 0 Å². The van der Waals surface area contributed by atoms with E-state index >= 15 is 0 Å². The molecule has 1 aromatic carbocycles. The van der Waals surface area contributed by atoms with Crippen LogP contribution < -0.4 is 5.56 Å². The maximum atomic E-state index is 13.2. The van der Waals surface area contributed by atoms with Gasteiger partial charge in [0.25, 0.3) is 5.56 Å². The van der Waals surface area contributed by atoms with E-state index in [1.54, 1.807) is 27.9 Å². The third-order valence-corrected chi connectivity index (χ3v) is 7.51. The predicted octanol–water partition coefficient (Wildman–Crippen LogP) is 4.96. The zero-order valence-electron chi connectivity index (χ0n) is 16.7. The topological polar surface area (TPSA) is 55.2 Å². The number of fused-ring (bicyclic) bond motifs is 1. The van der Waals surface area contributed by atoms with Crippen molar-refractivity contribution < 1.29 is 4.79 Å². The Morgan fingerprint density at radius 2 is 1.97 bits per heavy atom. The summed E-state index contributed by atoms with van der Waals surface area (Å²) in [5.41, 5.74) is 1.99. The first-order chi connectivity index (χ1) is 14.6. The molecular formula is C22H21N3O2S3. The Labute approximate surface area is 187 Å². The zero-order chi connectivity index (χ0) is 21.1. The van der Waals surface area contributed by atoms with Crippen molar-refractivity contribution in [3.8, 4) is 10.4 Å². The number of thiophene rings is 2. The molecule has 0 unspecified atom stereocenters. The smallest absolute Gasteiger partial charge is 0.263 e. The molecule has 0 spiro atoms. The van der Waals surface area contributed by atoms with E-state index in [0.717, 1.165) is 20.8 Å². The Morgan fingerprint density at radius 3 is 2.67 bits per heavy atom. The molecule has 0 aliphatic carbocycles. The van der Waals surface area contributed by atoms with E-state index in [4.69, 9.17) is 4.98 Å². The molecule has 0 atom stereocenters. The molecule has 4 rings (SSSR count). The Hall–Kier alpha value is -2.42. The molecule has 0 saturated carbocycles. The summed E-state index contributed by atoms with van der Waals surface area (Å²) in [7, 11) is 1.80. The molecule has 3 aromatic heterocycles. The molecule has 0 N–H and O–H groups in total. The number of hydrogen-bond donors (Lipinski definition) is 0. The van der Waals surface area contributed by atoms with Gasteiger partial charge in [0.15, 0.2) is 5.16 Å². The van der Waals surface area contributed by atoms with Crippen molar-refractivity contribution in [1.29, 1.82) is 0 Å². The lowest BCUT2D eigenvalue weighted by molar-refractivity contribution is -0.127. The molecule has 8 heteroatoms. The van der Waals surface area contributed by atoms with E-state index < -0.39 is 0 Å². The lowest BCUT2D eigenvalue weighted by Gasteiger charge is -2.17. The van der Waals surface area contributed by atoms with Gasteiger partial charge >= 0.3 is 0 Å². The summed E-state index contributed by atoms with van der Waals surface area (Å²) >= 11 is 4.42. The molecule has 1 amide bonds. The summed E-state index contributed by atoms with van der Waals surface area (Å²) in [6.45, 7) is 3.00. The summed E-state index contributed by atoms with van der Waals surface area (Å²) in [6.07, 6.45) is 0. The fourth-order valence-corrected chi connectivity index (χ4v) is 6.00. The summed E-state index contributed by atoms with van der Waals surface area (Å²) in [4.78, 5) is 34.1. The molecule has 3 heterocycles. The Balaban J connectivity index is 1.56. The summed E-state index contributed by atoms with van der Waals surface area (Å²) in [5.74, 6) is 0.246. The number of carbonyl (C=O) groups is 1. The SMILES string of the molecule is CCn1c(SCC(=O)N(C)Cc2ccccc2)nc2scc(-c3cccs3)c2c1=O. The van der Waals surface area contributed by atoms with Crippen LogP contribution >= 0.6 is 34.4 Å². The van der Waals surface area contributed by atoms with Crippen molar-refractivity contribution in [1.82, 2.24) is 14.5 Å². The molecule has 4 aromatic rings. The number of thioether (sulfide) groups is 1. The van der Waals surface area contributed by atoms with Crippen LogP contribution in [0.1, 0.15) is 12.5 Å². The highest BCUT2D eigenvalue weighted by Crippen LogP contribution is 2.34. The molecular weight excluding hydrogens is 434 g/mol. The lowest BCUT2D eigenvalue weighted by atomic mass is 10.2. The van der Waals surface area contributed by atoms with Crippen molar-refractivity contribution in [2.75, 3.05) is 12.8 Å². The van der Waals surface area contributed by atoms with Gasteiger partial charge in [0.2, 0.25) is 5.91 Å². The van der Waals surface area contributed by atoms with Crippen LogP contribution in [0.15, 0.2) is 63.2 Å². The highest BCUT2D eigenvalue weighted by Gasteiger charge is 2.18. The number of benzene rings is 1. The van der Waals surface area contributed by atoms with Crippen LogP contribution in [-0.2, 0) is 17.9 Å². The summed E-state index contributed by atoms with van der Waals surface area (Å²) < 4.78 is 1.67. The molecule has 0 bridgehead atoms. The molecule has 0 saturated heterocycles. The van der Waals surface area contributed by atoms with Crippen molar-refractivity contribution in [2.45, 2.75) is 25.2 Å². The van der Waals surface area contributed by atoms with E-state index in [9.17, 15) is 9.59 Å². The number of nitrogens with zero attached hydrogens (tertiary/aromatic N) is 3. The Bertz CT molecular complexity index is 1210. The second-order valence-corrected chi connectivity index (χ2v) is 9.52. The average molecular weight is 456 g/mol. The standard InChI is InChI=1S/C22H21N3O2S3/c1-3-25-21(27)19-16(17-10-7-11-28-17)13-29-20(19)23-22(25)30-14-18(26)24(2)12-15-8-5-4-6-9-15/h4-11,13H,3,12,14H2,1-2H3. The first-order valence-electron chi connectivity index (χ1n) is 9.55. The Kier molecular flexibility index (Phi) is 6.36. The Morgan fingerprint density at radius 1 is 1.17 bits per heavy atom. The zero-order valence-corrected chi connectivity index (χ0v) is 19.1. The van der Waals surface area contributed by atoms with Crippen LogP contribution in [0.3, 0.4) is 0 Å². The van der Waals surface area contributed by atoms with Gasteiger partial charge < -0.3 is 4.90 Å². The van der Waals surface area contributed by atoms with Crippen molar-refractivity contribution in [3.63, 3.8) is 0 Å². The van der Waals surface area contributed by atoms with E-state index in [1.165, 1.54) is 23.1 Å². The van der Waals surface area contributed by atoms with Gasteiger partial charge in [0.05, 0.1) is 11.1 Å². The number of aromatic nitrogens is 2. The van der Waals surface area contributed by atoms with Gasteiger partial charge in [0.1, 0.15) is 4.83 Å². The van der Waals surface area contributed by atoms with Crippen LogP contribution in [-0.4, -0.2) is 33.2 Å². The maximum Gasteiger partial charge on any atom is 0.263 e.